The molecule has 0 amide bonds. The fraction of sp³-hybridized carbons (Fsp3) is 0.300. The molecular formula is C10H9Cl3N2OS. The van der Waals surface area contributed by atoms with Crippen molar-refractivity contribution in [1.82, 2.24) is 9.38 Å². The number of halogens is 3. The van der Waals surface area contributed by atoms with Gasteiger partial charge in [0.25, 0.3) is 0 Å². The van der Waals surface area contributed by atoms with Gasteiger partial charge in [0, 0.05) is 23.8 Å². The molecule has 0 aliphatic carbocycles. The maximum atomic E-state index is 8.74. The minimum absolute atomic E-state index is 0.144. The average molecular weight is 312 g/mol. The minimum atomic E-state index is 0.144. The molecular weight excluding hydrogens is 303 g/mol. The molecule has 0 bridgehead atoms. The lowest BCUT2D eigenvalue weighted by molar-refractivity contribution is 0.322. The fourth-order valence-corrected chi connectivity index (χ4v) is 2.79. The Balaban J connectivity index is 2.40. The molecule has 2 aromatic heterocycles. The fourth-order valence-electron chi connectivity index (χ4n) is 1.42. The van der Waals surface area contributed by atoms with E-state index < -0.39 is 0 Å². The van der Waals surface area contributed by atoms with Gasteiger partial charge in [-0.25, -0.2) is 4.98 Å². The zero-order chi connectivity index (χ0) is 12.4. The van der Waals surface area contributed by atoms with Crippen LogP contribution in [0.4, 0.5) is 0 Å². The molecule has 0 fully saturated rings. The zero-order valence-corrected chi connectivity index (χ0v) is 11.7. The van der Waals surface area contributed by atoms with Crippen molar-refractivity contribution in [2.45, 2.75) is 5.75 Å². The number of imidazole rings is 1. The van der Waals surface area contributed by atoms with E-state index in [0.29, 0.717) is 32.4 Å². The van der Waals surface area contributed by atoms with Gasteiger partial charge in [0.15, 0.2) is 5.15 Å². The Kier molecular flexibility index (Phi) is 4.44. The Labute approximate surface area is 118 Å². The molecule has 0 radical (unpaired) electrons. The van der Waals surface area contributed by atoms with E-state index in [4.69, 9.17) is 39.9 Å². The molecule has 0 aromatic carbocycles. The third-order valence-electron chi connectivity index (χ3n) is 2.19. The van der Waals surface area contributed by atoms with Gasteiger partial charge in [-0.2, -0.15) is 11.8 Å². The Morgan fingerprint density at radius 3 is 2.76 bits per heavy atom. The van der Waals surface area contributed by atoms with Gasteiger partial charge in [0.05, 0.1) is 22.3 Å². The van der Waals surface area contributed by atoms with Crippen LogP contribution in [0.3, 0.4) is 0 Å². The van der Waals surface area contributed by atoms with Gasteiger partial charge in [0.2, 0.25) is 0 Å². The van der Waals surface area contributed by atoms with Crippen LogP contribution in [-0.2, 0) is 5.75 Å². The SMILES string of the molecule is OCCSCc1c(Cl)nc2cc(Cl)c(Cl)cn12. The van der Waals surface area contributed by atoms with Crippen molar-refractivity contribution < 1.29 is 5.11 Å². The Morgan fingerprint density at radius 2 is 2.06 bits per heavy atom. The van der Waals surface area contributed by atoms with Crippen molar-refractivity contribution in [3.8, 4) is 0 Å². The summed E-state index contributed by atoms with van der Waals surface area (Å²) in [5, 5.41) is 10.1. The van der Waals surface area contributed by atoms with Crippen LogP contribution in [0.25, 0.3) is 5.65 Å². The van der Waals surface area contributed by atoms with Gasteiger partial charge in [-0.1, -0.05) is 34.8 Å². The molecule has 17 heavy (non-hydrogen) atoms. The molecule has 0 unspecified atom stereocenters. The normalized spacial score (nSPS) is 11.3. The number of aliphatic hydroxyl groups is 1. The van der Waals surface area contributed by atoms with E-state index in [1.54, 1.807) is 24.0 Å². The quantitative estimate of drug-likeness (QED) is 0.878. The highest BCUT2D eigenvalue weighted by molar-refractivity contribution is 7.98. The molecule has 0 atom stereocenters. The Morgan fingerprint density at radius 1 is 1.29 bits per heavy atom. The summed E-state index contributed by atoms with van der Waals surface area (Å²) in [7, 11) is 0. The molecule has 0 aliphatic heterocycles. The standard InChI is InChI=1S/C10H9Cl3N2OS/c11-6-3-9-14-10(13)8(5-17-2-1-16)15(9)4-7(6)12/h3-4,16H,1-2,5H2. The van der Waals surface area contributed by atoms with E-state index in [0.717, 1.165) is 5.69 Å². The van der Waals surface area contributed by atoms with Crippen LogP contribution in [0.1, 0.15) is 5.69 Å². The van der Waals surface area contributed by atoms with Crippen LogP contribution < -0.4 is 0 Å². The predicted molar refractivity (Wildman–Crippen MR) is 73.5 cm³/mol. The lowest BCUT2D eigenvalue weighted by Crippen LogP contribution is -1.94. The molecule has 0 saturated carbocycles. The summed E-state index contributed by atoms with van der Waals surface area (Å²) in [6.07, 6.45) is 1.70. The second-order valence-corrected chi connectivity index (χ2v) is 5.60. The van der Waals surface area contributed by atoms with Crippen LogP contribution in [0.15, 0.2) is 12.3 Å². The monoisotopic (exact) mass is 310 g/mol. The smallest absolute Gasteiger partial charge is 0.152 e. The highest BCUT2D eigenvalue weighted by Gasteiger charge is 2.12. The van der Waals surface area contributed by atoms with Crippen molar-refractivity contribution in [3.63, 3.8) is 0 Å². The van der Waals surface area contributed by atoms with Crippen molar-refractivity contribution in [2.24, 2.45) is 0 Å². The molecule has 0 saturated heterocycles. The van der Waals surface area contributed by atoms with Crippen molar-refractivity contribution >= 4 is 52.2 Å². The number of aromatic nitrogens is 2. The third kappa shape index (κ3) is 2.83. The minimum Gasteiger partial charge on any atom is -0.396 e. The van der Waals surface area contributed by atoms with Gasteiger partial charge < -0.3 is 9.51 Å². The van der Waals surface area contributed by atoms with E-state index in [9.17, 15) is 0 Å². The summed E-state index contributed by atoms with van der Waals surface area (Å²) in [5.41, 5.74) is 1.53. The first-order valence-corrected chi connectivity index (χ1v) is 7.12. The summed E-state index contributed by atoms with van der Waals surface area (Å²) in [4.78, 5) is 4.20. The van der Waals surface area contributed by atoms with Gasteiger partial charge >= 0.3 is 0 Å². The topological polar surface area (TPSA) is 37.5 Å². The lowest BCUT2D eigenvalue weighted by atomic mass is 10.4. The highest BCUT2D eigenvalue weighted by Crippen LogP contribution is 2.28. The van der Waals surface area contributed by atoms with Crippen LogP contribution >= 0.6 is 46.6 Å². The van der Waals surface area contributed by atoms with E-state index in [-0.39, 0.29) is 6.61 Å². The van der Waals surface area contributed by atoms with E-state index in [1.807, 2.05) is 4.40 Å². The number of fused-ring (bicyclic) bond motifs is 1. The first kappa shape index (κ1) is 13.3. The highest BCUT2D eigenvalue weighted by atomic mass is 35.5. The largest absolute Gasteiger partial charge is 0.396 e. The number of hydrogen-bond donors (Lipinski definition) is 1. The number of aliphatic hydroxyl groups excluding tert-OH is 1. The predicted octanol–water partition coefficient (Wildman–Crippen LogP) is 3.52. The molecule has 92 valence electrons. The van der Waals surface area contributed by atoms with Crippen LogP contribution in [0.2, 0.25) is 15.2 Å². The maximum absolute atomic E-state index is 8.74. The van der Waals surface area contributed by atoms with E-state index in [2.05, 4.69) is 4.98 Å². The van der Waals surface area contributed by atoms with Gasteiger partial charge in [0.1, 0.15) is 5.65 Å². The first-order valence-electron chi connectivity index (χ1n) is 4.83. The average Bonchev–Trinajstić information content (AvgIpc) is 2.57. The van der Waals surface area contributed by atoms with Crippen molar-refractivity contribution in [3.05, 3.63) is 33.2 Å². The maximum Gasteiger partial charge on any atom is 0.152 e. The molecule has 2 aromatic rings. The van der Waals surface area contributed by atoms with Gasteiger partial charge in [-0.3, -0.25) is 0 Å². The summed E-state index contributed by atoms with van der Waals surface area (Å²) in [5.74, 6) is 1.32. The molecule has 0 aliphatic rings. The number of pyridine rings is 1. The molecule has 2 heterocycles. The third-order valence-corrected chi connectivity index (χ3v) is 4.15. The summed E-state index contributed by atoms with van der Waals surface area (Å²) < 4.78 is 1.82. The molecule has 0 spiro atoms. The van der Waals surface area contributed by atoms with Crippen LogP contribution in [-0.4, -0.2) is 26.9 Å². The van der Waals surface area contributed by atoms with E-state index in [1.165, 1.54) is 0 Å². The van der Waals surface area contributed by atoms with Gasteiger partial charge in [-0.15, -0.1) is 0 Å². The van der Waals surface area contributed by atoms with E-state index >= 15 is 0 Å². The number of hydrogen-bond acceptors (Lipinski definition) is 3. The number of thioether (sulfide) groups is 1. The number of nitrogens with zero attached hydrogens (tertiary/aromatic N) is 2. The summed E-state index contributed by atoms with van der Waals surface area (Å²) >= 11 is 19.5. The molecule has 3 nitrogen and oxygen atoms in total. The Bertz CT molecular complexity index is 544. The Hall–Kier alpha value is -0.130. The van der Waals surface area contributed by atoms with Crippen molar-refractivity contribution in [2.75, 3.05) is 12.4 Å². The summed E-state index contributed by atoms with van der Waals surface area (Å²) in [6.45, 7) is 0.144. The molecule has 2 rings (SSSR count). The lowest BCUT2D eigenvalue weighted by Gasteiger charge is -2.03. The van der Waals surface area contributed by atoms with Crippen LogP contribution in [0.5, 0.6) is 0 Å². The summed E-state index contributed by atoms with van der Waals surface area (Å²) in [6, 6.07) is 1.68. The van der Waals surface area contributed by atoms with Crippen LogP contribution in [0, 0.1) is 0 Å². The second kappa shape index (κ2) is 5.67. The second-order valence-electron chi connectivity index (χ2n) is 3.32. The van der Waals surface area contributed by atoms with Gasteiger partial charge in [-0.05, 0) is 0 Å². The zero-order valence-electron chi connectivity index (χ0n) is 8.66. The molecule has 7 heteroatoms. The molecule has 1 N–H and O–H groups in total. The first-order chi connectivity index (χ1) is 8.13. The number of rotatable bonds is 4. The van der Waals surface area contributed by atoms with Crippen molar-refractivity contribution in [1.29, 1.82) is 0 Å².